The fourth-order valence-electron chi connectivity index (χ4n) is 1.50. The zero-order valence-electron chi connectivity index (χ0n) is 10.2. The van der Waals surface area contributed by atoms with Crippen molar-refractivity contribution in [2.75, 3.05) is 5.43 Å². The Kier molecular flexibility index (Phi) is 3.90. The number of carbonyl (C=O) groups excluding carboxylic acids is 1. The summed E-state index contributed by atoms with van der Waals surface area (Å²) in [4.78, 5) is 21.7. The van der Waals surface area contributed by atoms with Gasteiger partial charge in [0.1, 0.15) is 5.82 Å². The second-order valence-corrected chi connectivity index (χ2v) is 3.89. The van der Waals surface area contributed by atoms with E-state index in [0.717, 1.165) is 0 Å². The predicted octanol–water partition coefficient (Wildman–Crippen LogP) is 2.49. The van der Waals surface area contributed by atoms with Gasteiger partial charge in [0.2, 0.25) is 0 Å². The Morgan fingerprint density at radius 3 is 2.45 bits per heavy atom. The Bertz CT molecular complexity index is 644. The third-order valence-electron chi connectivity index (χ3n) is 2.49. The molecule has 0 unspecified atom stereocenters. The number of nitro groups is 1. The maximum absolute atomic E-state index is 12.9. The molecule has 7 heteroatoms. The predicted molar refractivity (Wildman–Crippen MR) is 70.6 cm³/mol. The van der Waals surface area contributed by atoms with Crippen molar-refractivity contribution in [1.82, 2.24) is 5.43 Å². The minimum Gasteiger partial charge on any atom is -0.298 e. The van der Waals surface area contributed by atoms with E-state index in [1.165, 1.54) is 42.5 Å². The number of hydrazine groups is 1. The molecular formula is C13H10FN3O3. The maximum Gasteiger partial charge on any atom is 0.269 e. The second-order valence-electron chi connectivity index (χ2n) is 3.89. The minimum atomic E-state index is -0.549. The van der Waals surface area contributed by atoms with E-state index in [1.807, 2.05) is 0 Å². The monoisotopic (exact) mass is 275 g/mol. The summed E-state index contributed by atoms with van der Waals surface area (Å²) < 4.78 is 12.9. The zero-order valence-corrected chi connectivity index (χ0v) is 10.2. The van der Waals surface area contributed by atoms with Gasteiger partial charge in [-0.3, -0.25) is 25.8 Å². The molecule has 0 saturated carbocycles. The van der Waals surface area contributed by atoms with E-state index >= 15 is 0 Å². The molecule has 0 aliphatic heterocycles. The van der Waals surface area contributed by atoms with Crippen LogP contribution in [0.2, 0.25) is 0 Å². The molecule has 1 amide bonds. The molecule has 2 rings (SSSR count). The fraction of sp³-hybridized carbons (Fsp3) is 0. The molecule has 2 aromatic rings. The first kappa shape index (κ1) is 13.5. The Balaban J connectivity index is 1.99. The van der Waals surface area contributed by atoms with Crippen LogP contribution in [0.3, 0.4) is 0 Å². The van der Waals surface area contributed by atoms with Gasteiger partial charge in [0.05, 0.1) is 10.6 Å². The summed E-state index contributed by atoms with van der Waals surface area (Å²) in [7, 11) is 0. The lowest BCUT2D eigenvalue weighted by Crippen LogP contribution is -2.29. The molecule has 20 heavy (non-hydrogen) atoms. The number of anilines is 1. The van der Waals surface area contributed by atoms with Gasteiger partial charge >= 0.3 is 0 Å². The highest BCUT2D eigenvalue weighted by molar-refractivity contribution is 5.95. The third kappa shape index (κ3) is 3.29. The lowest BCUT2D eigenvalue weighted by molar-refractivity contribution is -0.384. The summed E-state index contributed by atoms with van der Waals surface area (Å²) in [6, 6.07) is 10.7. The number of rotatable bonds is 4. The van der Waals surface area contributed by atoms with Crippen molar-refractivity contribution in [3.63, 3.8) is 0 Å². The van der Waals surface area contributed by atoms with E-state index in [-0.39, 0.29) is 11.3 Å². The van der Waals surface area contributed by atoms with Crippen LogP contribution >= 0.6 is 0 Å². The molecule has 0 spiro atoms. The zero-order chi connectivity index (χ0) is 14.5. The number of benzene rings is 2. The number of halogens is 1. The molecule has 102 valence electrons. The van der Waals surface area contributed by atoms with Crippen LogP contribution in [0.25, 0.3) is 0 Å². The first-order chi connectivity index (χ1) is 9.56. The van der Waals surface area contributed by atoms with Crippen molar-refractivity contribution in [2.45, 2.75) is 0 Å². The van der Waals surface area contributed by atoms with Gasteiger partial charge in [0.15, 0.2) is 0 Å². The van der Waals surface area contributed by atoms with Crippen molar-refractivity contribution >= 4 is 17.3 Å². The Morgan fingerprint density at radius 2 is 1.85 bits per heavy atom. The van der Waals surface area contributed by atoms with Gasteiger partial charge in [-0.2, -0.15) is 0 Å². The lowest BCUT2D eigenvalue weighted by Gasteiger charge is -2.08. The van der Waals surface area contributed by atoms with Gasteiger partial charge in [0.25, 0.3) is 11.6 Å². The van der Waals surface area contributed by atoms with Crippen molar-refractivity contribution < 1.29 is 14.1 Å². The molecule has 0 atom stereocenters. The highest BCUT2D eigenvalue weighted by Gasteiger charge is 2.09. The summed E-state index contributed by atoms with van der Waals surface area (Å²) in [5.74, 6) is -0.913. The number of amides is 1. The number of non-ortho nitro benzene ring substituents is 1. The first-order valence-corrected chi connectivity index (χ1v) is 5.62. The van der Waals surface area contributed by atoms with Crippen LogP contribution in [-0.4, -0.2) is 10.8 Å². The van der Waals surface area contributed by atoms with E-state index < -0.39 is 16.6 Å². The number of nitrogens with one attached hydrogen (secondary N) is 2. The average Bonchev–Trinajstić information content (AvgIpc) is 2.45. The van der Waals surface area contributed by atoms with Gasteiger partial charge < -0.3 is 0 Å². The summed E-state index contributed by atoms with van der Waals surface area (Å²) in [5.41, 5.74) is 5.45. The number of hydrogen-bond acceptors (Lipinski definition) is 4. The molecule has 6 nitrogen and oxygen atoms in total. The number of carbonyl (C=O) groups is 1. The fourth-order valence-corrected chi connectivity index (χ4v) is 1.50. The molecule has 0 aliphatic carbocycles. The van der Waals surface area contributed by atoms with Crippen LogP contribution in [0.5, 0.6) is 0 Å². The summed E-state index contributed by atoms with van der Waals surface area (Å²) in [6.07, 6.45) is 0. The molecule has 0 saturated heterocycles. The summed E-state index contributed by atoms with van der Waals surface area (Å²) in [6.45, 7) is 0. The topological polar surface area (TPSA) is 84.3 Å². The molecule has 0 radical (unpaired) electrons. The van der Waals surface area contributed by atoms with E-state index in [2.05, 4.69) is 10.9 Å². The Hall–Kier alpha value is -2.96. The van der Waals surface area contributed by atoms with Crippen LogP contribution < -0.4 is 10.9 Å². The van der Waals surface area contributed by atoms with Crippen molar-refractivity contribution in [3.05, 3.63) is 70.0 Å². The van der Waals surface area contributed by atoms with Crippen molar-refractivity contribution in [1.29, 1.82) is 0 Å². The van der Waals surface area contributed by atoms with Crippen molar-refractivity contribution in [3.8, 4) is 0 Å². The quantitative estimate of drug-likeness (QED) is 0.663. The normalized spacial score (nSPS) is 9.85. The number of nitro benzene ring substituents is 1. The van der Waals surface area contributed by atoms with Gasteiger partial charge in [0, 0.05) is 17.7 Å². The van der Waals surface area contributed by atoms with Crippen LogP contribution in [0.4, 0.5) is 15.8 Å². The highest BCUT2D eigenvalue weighted by atomic mass is 19.1. The minimum absolute atomic E-state index is 0.0976. The van der Waals surface area contributed by atoms with E-state index in [4.69, 9.17) is 0 Å². The molecular weight excluding hydrogens is 265 g/mol. The molecule has 0 fully saturated rings. The smallest absolute Gasteiger partial charge is 0.269 e. The molecule has 2 N–H and O–H groups in total. The Morgan fingerprint density at radius 1 is 1.15 bits per heavy atom. The molecule has 2 aromatic carbocycles. The Labute approximate surface area is 113 Å². The van der Waals surface area contributed by atoms with E-state index in [9.17, 15) is 19.3 Å². The maximum atomic E-state index is 12.9. The molecule has 0 bridgehead atoms. The van der Waals surface area contributed by atoms with Gasteiger partial charge in [-0.1, -0.05) is 6.07 Å². The second kappa shape index (κ2) is 5.79. The van der Waals surface area contributed by atoms with E-state index in [1.54, 1.807) is 6.07 Å². The van der Waals surface area contributed by atoms with Gasteiger partial charge in [-0.25, -0.2) is 4.39 Å². The third-order valence-corrected chi connectivity index (χ3v) is 2.49. The lowest BCUT2D eigenvalue weighted by atomic mass is 10.2. The standard InChI is InChI=1S/C13H10FN3O3/c14-10-2-1-3-11(8-10)15-16-13(18)9-4-6-12(7-5-9)17(19)20/h1-8,15H,(H,16,18). The van der Waals surface area contributed by atoms with Crippen LogP contribution in [0.15, 0.2) is 48.5 Å². The summed E-state index contributed by atoms with van der Waals surface area (Å²) in [5, 5.41) is 10.5. The van der Waals surface area contributed by atoms with Crippen LogP contribution in [0, 0.1) is 15.9 Å². The highest BCUT2D eigenvalue weighted by Crippen LogP contribution is 2.12. The average molecular weight is 275 g/mol. The first-order valence-electron chi connectivity index (χ1n) is 5.62. The SMILES string of the molecule is O=C(NNc1cccc(F)c1)c1ccc([N+](=O)[O-])cc1. The molecule has 0 heterocycles. The largest absolute Gasteiger partial charge is 0.298 e. The van der Waals surface area contributed by atoms with Gasteiger partial charge in [-0.15, -0.1) is 0 Å². The number of nitrogens with zero attached hydrogens (tertiary/aromatic N) is 1. The van der Waals surface area contributed by atoms with Gasteiger partial charge in [-0.05, 0) is 30.3 Å². The van der Waals surface area contributed by atoms with E-state index in [0.29, 0.717) is 5.69 Å². The number of hydrogen-bond donors (Lipinski definition) is 2. The van der Waals surface area contributed by atoms with Crippen LogP contribution in [0.1, 0.15) is 10.4 Å². The molecule has 0 aromatic heterocycles. The molecule has 0 aliphatic rings. The van der Waals surface area contributed by atoms with Crippen LogP contribution in [-0.2, 0) is 0 Å². The van der Waals surface area contributed by atoms with Crippen molar-refractivity contribution in [2.24, 2.45) is 0 Å². The summed E-state index contributed by atoms with van der Waals surface area (Å²) >= 11 is 0.